The molecule has 0 radical (unpaired) electrons. The summed E-state index contributed by atoms with van der Waals surface area (Å²) in [5.74, 6) is 0. The van der Waals surface area contributed by atoms with Gasteiger partial charge in [-0.1, -0.05) is 25.2 Å². The first-order valence-corrected chi connectivity index (χ1v) is 3.38. The Hall–Kier alpha value is -0.405. The second kappa shape index (κ2) is 4.42. The number of hydrogen-bond acceptors (Lipinski definition) is 0. The number of halogens is 3. The van der Waals surface area contributed by atoms with Crippen LogP contribution in [0.15, 0.2) is 12.7 Å². The molecule has 0 aromatic heterocycles. The first-order valence-electron chi connectivity index (χ1n) is 3.38. The Morgan fingerprint density at radius 3 is 2.20 bits per heavy atom. The standard InChI is InChI=1S/C6H11BF3/c1-2-3-4-5-6-7(8,9)10/h2H,1,3-6H2/q-1. The van der Waals surface area contributed by atoms with Crippen LogP contribution in [0.2, 0.25) is 6.32 Å². The minimum atomic E-state index is -4.55. The maximum absolute atomic E-state index is 11.5. The van der Waals surface area contributed by atoms with Crippen LogP contribution in [0.5, 0.6) is 0 Å². The van der Waals surface area contributed by atoms with Gasteiger partial charge in [-0.15, -0.1) is 6.58 Å². The topological polar surface area (TPSA) is 0 Å². The zero-order chi connectivity index (χ0) is 8.04. The van der Waals surface area contributed by atoms with E-state index in [1.807, 2.05) is 0 Å². The Morgan fingerprint density at radius 1 is 1.20 bits per heavy atom. The lowest BCUT2D eigenvalue weighted by molar-refractivity contribution is 0.462. The van der Waals surface area contributed by atoms with E-state index in [1.165, 1.54) is 0 Å². The molecule has 0 aliphatic carbocycles. The van der Waals surface area contributed by atoms with E-state index in [0.29, 0.717) is 12.8 Å². The van der Waals surface area contributed by atoms with Gasteiger partial charge in [-0.25, -0.2) is 0 Å². The first-order chi connectivity index (χ1) is 4.56. The van der Waals surface area contributed by atoms with Crippen molar-refractivity contribution in [1.29, 1.82) is 0 Å². The molecular formula is C6H11BF3-. The van der Waals surface area contributed by atoms with Gasteiger partial charge in [0.25, 0.3) is 0 Å². The Labute approximate surface area is 59.2 Å². The second-order valence-electron chi connectivity index (χ2n) is 2.28. The van der Waals surface area contributed by atoms with E-state index in [0.717, 1.165) is 0 Å². The Balaban J connectivity index is 3.12. The molecule has 0 aliphatic rings. The zero-order valence-corrected chi connectivity index (χ0v) is 5.82. The molecular weight excluding hydrogens is 140 g/mol. The molecule has 10 heavy (non-hydrogen) atoms. The molecule has 0 atom stereocenters. The zero-order valence-electron chi connectivity index (χ0n) is 5.82. The fraction of sp³-hybridized carbons (Fsp3) is 0.667. The lowest BCUT2D eigenvalue weighted by Crippen LogP contribution is -2.13. The summed E-state index contributed by atoms with van der Waals surface area (Å²) in [7, 11) is 0. The van der Waals surface area contributed by atoms with E-state index in [1.54, 1.807) is 6.08 Å². The highest BCUT2D eigenvalue weighted by atomic mass is 19.4. The molecule has 0 unspecified atom stereocenters. The number of rotatable bonds is 5. The van der Waals surface area contributed by atoms with E-state index in [-0.39, 0.29) is 6.42 Å². The molecule has 0 rings (SSSR count). The maximum atomic E-state index is 11.5. The first kappa shape index (κ1) is 9.59. The lowest BCUT2D eigenvalue weighted by atomic mass is 9.83. The van der Waals surface area contributed by atoms with Crippen LogP contribution >= 0.6 is 0 Å². The van der Waals surface area contributed by atoms with Crippen LogP contribution in [0.4, 0.5) is 12.9 Å². The van der Waals surface area contributed by atoms with Crippen molar-refractivity contribution in [2.75, 3.05) is 0 Å². The van der Waals surface area contributed by atoms with Crippen molar-refractivity contribution < 1.29 is 12.9 Å². The monoisotopic (exact) mass is 151 g/mol. The molecule has 0 bridgehead atoms. The normalized spacial score (nSPS) is 11.5. The van der Waals surface area contributed by atoms with Gasteiger partial charge < -0.3 is 12.9 Å². The van der Waals surface area contributed by atoms with Gasteiger partial charge in [0.15, 0.2) is 0 Å². The van der Waals surface area contributed by atoms with E-state index in [4.69, 9.17) is 0 Å². The summed E-state index contributed by atoms with van der Waals surface area (Å²) in [5.41, 5.74) is 0. The predicted octanol–water partition coefficient (Wildman–Crippen LogP) is 3.19. The van der Waals surface area contributed by atoms with Gasteiger partial charge in [-0.2, -0.15) is 0 Å². The predicted molar refractivity (Wildman–Crippen MR) is 37.9 cm³/mol. The highest BCUT2D eigenvalue weighted by Crippen LogP contribution is 2.18. The van der Waals surface area contributed by atoms with Gasteiger partial charge in [0.2, 0.25) is 0 Å². The average Bonchev–Trinajstić information content (AvgIpc) is 1.78. The van der Waals surface area contributed by atoms with Gasteiger partial charge in [-0.05, 0) is 6.42 Å². The van der Waals surface area contributed by atoms with E-state index >= 15 is 0 Å². The van der Waals surface area contributed by atoms with Gasteiger partial charge >= 0.3 is 6.98 Å². The summed E-state index contributed by atoms with van der Waals surface area (Å²) in [4.78, 5) is 0. The van der Waals surface area contributed by atoms with Gasteiger partial charge in [0, 0.05) is 0 Å². The van der Waals surface area contributed by atoms with Crippen LogP contribution in [-0.2, 0) is 0 Å². The number of allylic oxidation sites excluding steroid dienone is 1. The summed E-state index contributed by atoms with van der Waals surface area (Å²) in [5, 5.41) is 0. The number of hydrogen-bond donors (Lipinski definition) is 0. The molecule has 0 aromatic carbocycles. The molecule has 0 spiro atoms. The van der Waals surface area contributed by atoms with Crippen molar-refractivity contribution in [2.45, 2.75) is 25.6 Å². The molecule has 0 nitrogen and oxygen atoms in total. The summed E-state index contributed by atoms with van der Waals surface area (Å²) in [6.45, 7) is -1.13. The van der Waals surface area contributed by atoms with Crippen molar-refractivity contribution in [2.24, 2.45) is 0 Å². The average molecular weight is 151 g/mol. The van der Waals surface area contributed by atoms with E-state index < -0.39 is 13.3 Å². The van der Waals surface area contributed by atoms with Gasteiger partial charge in [-0.3, -0.25) is 0 Å². The maximum Gasteiger partial charge on any atom is 0.478 e. The van der Waals surface area contributed by atoms with Gasteiger partial charge in [0.1, 0.15) is 0 Å². The van der Waals surface area contributed by atoms with Crippen LogP contribution in [0.25, 0.3) is 0 Å². The molecule has 0 fully saturated rings. The minimum Gasteiger partial charge on any atom is -0.449 e. The van der Waals surface area contributed by atoms with Crippen molar-refractivity contribution >= 4 is 6.98 Å². The highest BCUT2D eigenvalue weighted by molar-refractivity contribution is 6.58. The van der Waals surface area contributed by atoms with Crippen molar-refractivity contribution in [1.82, 2.24) is 0 Å². The summed E-state index contributed by atoms with van der Waals surface area (Å²) in [6, 6.07) is 0. The van der Waals surface area contributed by atoms with Crippen molar-refractivity contribution in [3.8, 4) is 0 Å². The fourth-order valence-electron chi connectivity index (χ4n) is 0.664. The Bertz CT molecular complexity index is 97.7. The van der Waals surface area contributed by atoms with E-state index in [2.05, 4.69) is 6.58 Å². The third-order valence-electron chi connectivity index (χ3n) is 1.19. The van der Waals surface area contributed by atoms with Gasteiger partial charge in [0.05, 0.1) is 0 Å². The highest BCUT2D eigenvalue weighted by Gasteiger charge is 2.20. The molecule has 0 aliphatic heterocycles. The third kappa shape index (κ3) is 7.59. The Morgan fingerprint density at radius 2 is 1.80 bits per heavy atom. The quantitative estimate of drug-likeness (QED) is 0.321. The van der Waals surface area contributed by atoms with Crippen molar-refractivity contribution in [3.63, 3.8) is 0 Å². The van der Waals surface area contributed by atoms with Crippen LogP contribution in [-0.4, -0.2) is 6.98 Å². The third-order valence-corrected chi connectivity index (χ3v) is 1.19. The Kier molecular flexibility index (Phi) is 4.24. The molecule has 0 amide bonds. The second-order valence-corrected chi connectivity index (χ2v) is 2.28. The molecule has 0 saturated heterocycles. The summed E-state index contributed by atoms with van der Waals surface area (Å²) >= 11 is 0. The smallest absolute Gasteiger partial charge is 0.449 e. The molecule has 0 aromatic rings. The summed E-state index contributed by atoms with van der Waals surface area (Å²) < 4.78 is 34.6. The minimum absolute atomic E-state index is 0.246. The number of unbranched alkanes of at least 4 members (excludes halogenated alkanes) is 2. The van der Waals surface area contributed by atoms with Crippen LogP contribution in [0.3, 0.4) is 0 Å². The largest absolute Gasteiger partial charge is 0.478 e. The van der Waals surface area contributed by atoms with E-state index in [9.17, 15) is 12.9 Å². The van der Waals surface area contributed by atoms with Crippen LogP contribution < -0.4 is 0 Å². The van der Waals surface area contributed by atoms with Crippen LogP contribution in [0.1, 0.15) is 19.3 Å². The molecule has 0 saturated carbocycles. The summed E-state index contributed by atoms with van der Waals surface area (Å²) in [6.07, 6.45) is 2.57. The molecule has 0 heterocycles. The molecule has 60 valence electrons. The lowest BCUT2D eigenvalue weighted by Gasteiger charge is -2.11. The van der Waals surface area contributed by atoms with Crippen LogP contribution in [0, 0.1) is 0 Å². The fourth-order valence-corrected chi connectivity index (χ4v) is 0.664. The molecule has 0 N–H and O–H groups in total. The SMILES string of the molecule is C=CCCCC[B-](F)(F)F. The van der Waals surface area contributed by atoms with Crippen molar-refractivity contribution in [3.05, 3.63) is 12.7 Å². The molecule has 4 heteroatoms.